The summed E-state index contributed by atoms with van der Waals surface area (Å²) < 4.78 is 49.4. The Morgan fingerprint density at radius 1 is 1.21 bits per heavy atom. The first-order chi connectivity index (χ1) is 15.7. The van der Waals surface area contributed by atoms with Gasteiger partial charge in [0.2, 0.25) is 5.76 Å². The summed E-state index contributed by atoms with van der Waals surface area (Å²) in [7, 11) is 1.19. The van der Waals surface area contributed by atoms with Crippen LogP contribution in [0.15, 0.2) is 59.1 Å². The Kier molecular flexibility index (Phi) is 6.03. The lowest BCUT2D eigenvalue weighted by atomic mass is 10.0. The summed E-state index contributed by atoms with van der Waals surface area (Å²) in [6, 6.07) is 11.5. The van der Waals surface area contributed by atoms with Crippen molar-refractivity contribution in [2.45, 2.75) is 18.8 Å². The molecule has 1 aliphatic rings. The molecule has 2 aromatic carbocycles. The minimum Gasteiger partial charge on any atom is -0.463 e. The zero-order valence-corrected chi connectivity index (χ0v) is 17.9. The van der Waals surface area contributed by atoms with E-state index in [0.717, 1.165) is 12.1 Å². The Hall–Kier alpha value is -3.53. The maximum atomic E-state index is 13.3. The predicted molar refractivity (Wildman–Crippen MR) is 112 cm³/mol. The van der Waals surface area contributed by atoms with Crippen LogP contribution in [-0.2, 0) is 17.5 Å². The summed E-state index contributed by atoms with van der Waals surface area (Å²) in [5.41, 5.74) is 0.293. The van der Waals surface area contributed by atoms with Crippen LogP contribution in [0.1, 0.15) is 33.4 Å². The van der Waals surface area contributed by atoms with Crippen molar-refractivity contribution < 1.29 is 32.0 Å². The summed E-state index contributed by atoms with van der Waals surface area (Å²) in [5, 5.41) is 4.24. The maximum Gasteiger partial charge on any atom is 0.416 e. The third kappa shape index (κ3) is 4.65. The van der Waals surface area contributed by atoms with Crippen molar-refractivity contribution in [2.24, 2.45) is 0 Å². The van der Waals surface area contributed by atoms with Gasteiger partial charge >= 0.3 is 18.2 Å². The number of carbonyl (C=O) groups excluding carboxylic acids is 2. The SMILES string of the molecule is COC(=O)c1cc(CN2C[C@H](c3cccc(C(F)(F)F)c3)N(c3ccc(Cl)cc3)C2=O)no1. The Labute approximate surface area is 191 Å². The van der Waals surface area contributed by atoms with Gasteiger partial charge in [0.1, 0.15) is 5.69 Å². The van der Waals surface area contributed by atoms with E-state index in [1.165, 1.54) is 29.0 Å². The molecule has 2 amide bonds. The smallest absolute Gasteiger partial charge is 0.416 e. The van der Waals surface area contributed by atoms with E-state index in [2.05, 4.69) is 9.89 Å². The van der Waals surface area contributed by atoms with E-state index >= 15 is 0 Å². The van der Waals surface area contributed by atoms with E-state index in [4.69, 9.17) is 16.1 Å². The van der Waals surface area contributed by atoms with E-state index in [1.54, 1.807) is 30.3 Å². The first kappa shape index (κ1) is 22.7. The second-order valence-electron chi connectivity index (χ2n) is 7.32. The fourth-order valence-electron chi connectivity index (χ4n) is 3.63. The fourth-order valence-corrected chi connectivity index (χ4v) is 3.76. The standard InChI is InChI=1S/C22H17ClF3N3O4/c1-32-20(30)19-10-16(27-33-19)11-28-12-18(13-3-2-4-14(9-13)22(24,25)26)29(21(28)31)17-7-5-15(23)6-8-17/h2-10,18H,11-12H2,1H3/t18-/m1/s1. The number of benzene rings is 2. The highest BCUT2D eigenvalue weighted by Crippen LogP contribution is 2.38. The summed E-state index contributed by atoms with van der Waals surface area (Å²) in [6.45, 7) is 0.0715. The number of carbonyl (C=O) groups is 2. The van der Waals surface area contributed by atoms with Gasteiger partial charge in [-0.15, -0.1) is 0 Å². The molecule has 1 aromatic heterocycles. The van der Waals surface area contributed by atoms with Gasteiger partial charge in [-0.25, -0.2) is 9.59 Å². The monoisotopic (exact) mass is 479 g/mol. The van der Waals surface area contributed by atoms with E-state index in [-0.39, 0.29) is 18.8 Å². The third-order valence-electron chi connectivity index (χ3n) is 5.18. The highest BCUT2D eigenvalue weighted by Gasteiger charge is 2.40. The number of halogens is 4. The number of nitrogens with zero attached hydrogens (tertiary/aromatic N) is 3. The van der Waals surface area contributed by atoms with Crippen LogP contribution in [0.3, 0.4) is 0 Å². The number of anilines is 1. The van der Waals surface area contributed by atoms with Crippen molar-refractivity contribution in [3.8, 4) is 0 Å². The number of hydrogen-bond acceptors (Lipinski definition) is 5. The predicted octanol–water partition coefficient (Wildman–Crippen LogP) is 5.32. The maximum absolute atomic E-state index is 13.3. The summed E-state index contributed by atoms with van der Waals surface area (Å²) >= 11 is 5.96. The molecule has 3 aromatic rings. The van der Waals surface area contributed by atoms with Gasteiger partial charge in [0, 0.05) is 23.3 Å². The first-order valence-electron chi connectivity index (χ1n) is 9.72. The molecule has 4 rings (SSSR count). The van der Waals surface area contributed by atoms with Crippen molar-refractivity contribution in [2.75, 3.05) is 18.6 Å². The van der Waals surface area contributed by atoms with Gasteiger partial charge < -0.3 is 14.2 Å². The number of alkyl halides is 3. The molecule has 0 aliphatic carbocycles. The molecule has 0 saturated carbocycles. The van der Waals surface area contributed by atoms with Crippen LogP contribution >= 0.6 is 11.6 Å². The highest BCUT2D eigenvalue weighted by molar-refractivity contribution is 6.30. The zero-order chi connectivity index (χ0) is 23.8. The molecule has 0 N–H and O–H groups in total. The molecule has 33 heavy (non-hydrogen) atoms. The van der Waals surface area contributed by atoms with Gasteiger partial charge in [0.05, 0.1) is 25.3 Å². The van der Waals surface area contributed by atoms with Crippen molar-refractivity contribution in [3.63, 3.8) is 0 Å². The molecule has 172 valence electrons. The first-order valence-corrected chi connectivity index (χ1v) is 10.1. The van der Waals surface area contributed by atoms with Gasteiger partial charge in [-0.2, -0.15) is 13.2 Å². The molecule has 0 spiro atoms. The normalized spacial score (nSPS) is 16.4. The van der Waals surface area contributed by atoms with E-state index in [0.29, 0.717) is 22.0 Å². The molecule has 2 heterocycles. The lowest BCUT2D eigenvalue weighted by molar-refractivity contribution is -0.137. The highest BCUT2D eigenvalue weighted by atomic mass is 35.5. The van der Waals surface area contributed by atoms with Gasteiger partial charge in [-0.05, 0) is 42.0 Å². The number of amides is 2. The van der Waals surface area contributed by atoms with Crippen LogP contribution in [0.5, 0.6) is 0 Å². The molecular formula is C22H17ClF3N3O4. The average molecular weight is 480 g/mol. The number of rotatable bonds is 5. The number of ether oxygens (including phenoxy) is 1. The molecule has 1 aliphatic heterocycles. The zero-order valence-electron chi connectivity index (χ0n) is 17.2. The molecule has 1 saturated heterocycles. The quantitative estimate of drug-likeness (QED) is 0.463. The van der Waals surface area contributed by atoms with Crippen LogP contribution in [0.25, 0.3) is 0 Å². The van der Waals surface area contributed by atoms with Crippen LogP contribution < -0.4 is 4.90 Å². The molecular weight excluding hydrogens is 463 g/mol. The summed E-state index contributed by atoms with van der Waals surface area (Å²) in [6.07, 6.45) is -4.52. The van der Waals surface area contributed by atoms with E-state index in [9.17, 15) is 22.8 Å². The number of methoxy groups -OCH3 is 1. The minimum absolute atomic E-state index is 0.0150. The molecule has 0 unspecified atom stereocenters. The third-order valence-corrected chi connectivity index (χ3v) is 5.44. The number of urea groups is 1. The van der Waals surface area contributed by atoms with E-state index in [1.807, 2.05) is 0 Å². The van der Waals surface area contributed by atoms with E-state index < -0.39 is 29.8 Å². The van der Waals surface area contributed by atoms with Crippen molar-refractivity contribution >= 4 is 29.3 Å². The Morgan fingerprint density at radius 2 is 1.94 bits per heavy atom. The van der Waals surface area contributed by atoms with Gasteiger partial charge in [-0.1, -0.05) is 28.9 Å². The lowest BCUT2D eigenvalue weighted by Crippen LogP contribution is -2.32. The topological polar surface area (TPSA) is 75.9 Å². The molecule has 7 nitrogen and oxygen atoms in total. The molecule has 0 bridgehead atoms. The Balaban J connectivity index is 1.68. The number of esters is 1. The second-order valence-corrected chi connectivity index (χ2v) is 7.76. The van der Waals surface area contributed by atoms with Gasteiger partial charge in [-0.3, -0.25) is 4.90 Å². The van der Waals surface area contributed by atoms with Gasteiger partial charge in [0.25, 0.3) is 0 Å². The largest absolute Gasteiger partial charge is 0.463 e. The van der Waals surface area contributed by atoms with Crippen LogP contribution in [0.2, 0.25) is 5.02 Å². The number of aromatic nitrogens is 1. The Morgan fingerprint density at radius 3 is 2.61 bits per heavy atom. The minimum atomic E-state index is -4.52. The van der Waals surface area contributed by atoms with Crippen molar-refractivity contribution in [1.82, 2.24) is 10.1 Å². The molecule has 11 heteroatoms. The summed E-state index contributed by atoms with van der Waals surface area (Å²) in [4.78, 5) is 27.7. The van der Waals surface area contributed by atoms with Crippen molar-refractivity contribution in [1.29, 1.82) is 0 Å². The summed E-state index contributed by atoms with van der Waals surface area (Å²) in [5.74, 6) is -0.839. The molecule has 0 radical (unpaired) electrons. The Bertz CT molecular complexity index is 1180. The van der Waals surface area contributed by atoms with Crippen LogP contribution in [0, 0.1) is 0 Å². The van der Waals surface area contributed by atoms with Crippen molar-refractivity contribution in [3.05, 3.63) is 82.2 Å². The fraction of sp³-hybridized carbons (Fsp3) is 0.227. The van der Waals surface area contributed by atoms with Gasteiger partial charge in [0.15, 0.2) is 0 Å². The lowest BCUT2D eigenvalue weighted by Gasteiger charge is -2.24. The number of hydrogen-bond donors (Lipinski definition) is 0. The van der Waals surface area contributed by atoms with Crippen LogP contribution in [0.4, 0.5) is 23.7 Å². The average Bonchev–Trinajstić information content (AvgIpc) is 3.39. The molecule has 1 atom stereocenters. The second kappa shape index (κ2) is 8.78. The molecule has 1 fully saturated rings. The van der Waals surface area contributed by atoms with Crippen LogP contribution in [-0.4, -0.2) is 35.7 Å².